The Hall–Kier alpha value is -3.78. The van der Waals surface area contributed by atoms with Gasteiger partial charge in [-0.2, -0.15) is 0 Å². The summed E-state index contributed by atoms with van der Waals surface area (Å²) >= 11 is 0. The summed E-state index contributed by atoms with van der Waals surface area (Å²) in [7, 11) is 0. The van der Waals surface area contributed by atoms with Gasteiger partial charge < -0.3 is 15.2 Å². The van der Waals surface area contributed by atoms with Crippen molar-refractivity contribution in [2.45, 2.75) is 37.2 Å². The van der Waals surface area contributed by atoms with Crippen LogP contribution in [0.5, 0.6) is 0 Å². The first-order valence-electron chi connectivity index (χ1n) is 13.3. The number of ether oxygens (including phenoxy) is 2. The summed E-state index contributed by atoms with van der Waals surface area (Å²) in [6.07, 6.45) is -0.203. The van der Waals surface area contributed by atoms with E-state index in [0.29, 0.717) is 0 Å². The highest BCUT2D eigenvalue weighted by atomic mass is 16.6. The number of nitrogens with one attached hydrogen (secondary N) is 1. The topological polar surface area (TPSA) is 99.3 Å². The van der Waals surface area contributed by atoms with Gasteiger partial charge in [0.25, 0.3) is 5.56 Å². The Kier molecular flexibility index (Phi) is 5.71. The molecule has 1 aliphatic heterocycles. The van der Waals surface area contributed by atoms with Gasteiger partial charge in [-0.05, 0) is 23.5 Å². The van der Waals surface area contributed by atoms with Gasteiger partial charge in [-0.3, -0.25) is 14.3 Å². The van der Waals surface area contributed by atoms with Gasteiger partial charge in [0, 0.05) is 28.3 Å². The zero-order chi connectivity index (χ0) is 27.6. The molecular formula is C29H29N3O4. The Labute approximate surface area is 213 Å². The van der Waals surface area contributed by atoms with Gasteiger partial charge in [0.2, 0.25) is 0 Å². The second-order valence-electron chi connectivity index (χ2n) is 8.83. The molecule has 7 heteroatoms. The molecule has 0 unspecified atom stereocenters. The maximum atomic E-state index is 12.6. The molecule has 3 aromatic carbocycles. The largest absolute Gasteiger partial charge is 0.358 e. The van der Waals surface area contributed by atoms with Gasteiger partial charge in [0.15, 0.2) is 0 Å². The smallest absolute Gasteiger partial charge is 0.330 e. The molecule has 1 saturated heterocycles. The van der Waals surface area contributed by atoms with Crippen molar-refractivity contribution < 1.29 is 13.6 Å². The van der Waals surface area contributed by atoms with Gasteiger partial charge in [-0.25, -0.2) is 4.79 Å². The van der Waals surface area contributed by atoms with Crippen molar-refractivity contribution in [1.29, 1.82) is 0 Å². The van der Waals surface area contributed by atoms with Crippen molar-refractivity contribution in [2.24, 2.45) is 5.73 Å². The molecule has 0 saturated carbocycles. The van der Waals surface area contributed by atoms with E-state index < -0.39 is 47.6 Å². The van der Waals surface area contributed by atoms with Crippen LogP contribution >= 0.6 is 0 Å². The first kappa shape index (κ1) is 20.4. The Balaban J connectivity index is 1.49. The number of aromatic amines is 1. The quantitative estimate of drug-likeness (QED) is 0.390. The Morgan fingerprint density at radius 1 is 0.972 bits per heavy atom. The van der Waals surface area contributed by atoms with Crippen molar-refractivity contribution in [3.05, 3.63) is 140 Å². The average molecular weight is 487 g/mol. The van der Waals surface area contributed by atoms with E-state index in [-0.39, 0.29) is 13.0 Å². The van der Waals surface area contributed by atoms with Crippen LogP contribution in [-0.4, -0.2) is 28.3 Å². The Bertz CT molecular complexity index is 1430. The van der Waals surface area contributed by atoms with Crippen LogP contribution in [0.1, 0.15) is 39.0 Å². The van der Waals surface area contributed by atoms with Crippen molar-refractivity contribution in [3.8, 4) is 0 Å². The monoisotopic (exact) mass is 486 g/mol. The molecule has 184 valence electrons. The van der Waals surface area contributed by atoms with Crippen LogP contribution in [0.2, 0.25) is 0 Å². The second-order valence-corrected chi connectivity index (χ2v) is 8.83. The average Bonchev–Trinajstić information content (AvgIpc) is 3.30. The van der Waals surface area contributed by atoms with Crippen molar-refractivity contribution >= 4 is 0 Å². The van der Waals surface area contributed by atoms with E-state index in [9.17, 15) is 9.59 Å². The fourth-order valence-corrected chi connectivity index (χ4v) is 4.76. The summed E-state index contributed by atoms with van der Waals surface area (Å²) < 4.78 is 36.9. The summed E-state index contributed by atoms with van der Waals surface area (Å²) in [6.45, 7) is -2.60. The fourth-order valence-electron chi connectivity index (χ4n) is 4.76. The van der Waals surface area contributed by atoms with Crippen LogP contribution in [0, 0.1) is 6.85 Å². The number of benzene rings is 3. The van der Waals surface area contributed by atoms with E-state index >= 15 is 0 Å². The summed E-state index contributed by atoms with van der Waals surface area (Å²) in [5.41, 5.74) is 6.03. The van der Waals surface area contributed by atoms with Crippen LogP contribution in [0.25, 0.3) is 0 Å². The minimum Gasteiger partial charge on any atom is -0.358 e. The normalized spacial score (nSPS) is 21.5. The van der Waals surface area contributed by atoms with Crippen LogP contribution < -0.4 is 17.0 Å². The fraction of sp³-hybridized carbons (Fsp3) is 0.241. The van der Waals surface area contributed by atoms with Gasteiger partial charge >= 0.3 is 5.69 Å². The number of nitrogens with two attached hydrogens (primary N) is 1. The lowest BCUT2D eigenvalue weighted by molar-refractivity contribution is -0.0797. The molecule has 1 fully saturated rings. The SMILES string of the molecule is [2H]C([2H])([2H])c1cn([C@H]2C[C@@H](N)[C@@H](COC(c3ccccc3)(c3ccccc3)c3ccccc3)O2)c(=O)[nH]c1=O. The van der Waals surface area contributed by atoms with E-state index in [4.69, 9.17) is 19.3 Å². The Morgan fingerprint density at radius 2 is 1.50 bits per heavy atom. The summed E-state index contributed by atoms with van der Waals surface area (Å²) in [4.78, 5) is 26.7. The van der Waals surface area contributed by atoms with E-state index in [1.54, 1.807) is 0 Å². The van der Waals surface area contributed by atoms with E-state index in [2.05, 4.69) is 4.98 Å². The number of aromatic nitrogens is 2. The van der Waals surface area contributed by atoms with Crippen molar-refractivity contribution in [2.75, 3.05) is 6.61 Å². The molecule has 4 aromatic rings. The number of rotatable bonds is 7. The molecule has 0 amide bonds. The second kappa shape index (κ2) is 10.1. The lowest BCUT2D eigenvalue weighted by Gasteiger charge is -2.37. The summed E-state index contributed by atoms with van der Waals surface area (Å²) in [6, 6.07) is 29.1. The molecule has 0 bridgehead atoms. The maximum Gasteiger partial charge on any atom is 0.330 e. The number of nitrogens with zero attached hydrogens (tertiary/aromatic N) is 1. The lowest BCUT2D eigenvalue weighted by atomic mass is 9.80. The first-order valence-corrected chi connectivity index (χ1v) is 11.8. The minimum atomic E-state index is -2.69. The van der Waals surface area contributed by atoms with Crippen LogP contribution in [0.4, 0.5) is 0 Å². The summed E-state index contributed by atoms with van der Waals surface area (Å²) in [5, 5.41) is 0. The predicted molar refractivity (Wildman–Crippen MR) is 138 cm³/mol. The molecule has 3 atom stereocenters. The zero-order valence-corrected chi connectivity index (χ0v) is 19.5. The van der Waals surface area contributed by atoms with E-state index in [0.717, 1.165) is 27.5 Å². The first-order chi connectivity index (χ1) is 18.7. The number of aryl methyl sites for hydroxylation is 1. The predicted octanol–water partition coefficient (Wildman–Crippen LogP) is 3.47. The van der Waals surface area contributed by atoms with Crippen LogP contribution in [0.15, 0.2) is 107 Å². The molecule has 0 spiro atoms. The van der Waals surface area contributed by atoms with E-state index in [1.807, 2.05) is 91.0 Å². The lowest BCUT2D eigenvalue weighted by Crippen LogP contribution is -2.40. The minimum absolute atomic E-state index is 0.0839. The molecule has 7 nitrogen and oxygen atoms in total. The molecule has 0 radical (unpaired) electrons. The van der Waals surface area contributed by atoms with Gasteiger partial charge in [0.05, 0.1) is 12.7 Å². The molecule has 1 aromatic heterocycles. The highest BCUT2D eigenvalue weighted by Gasteiger charge is 2.41. The third-order valence-corrected chi connectivity index (χ3v) is 6.57. The number of H-pyrrole nitrogens is 1. The zero-order valence-electron chi connectivity index (χ0n) is 22.5. The molecule has 0 aliphatic carbocycles. The molecule has 5 rings (SSSR count). The molecule has 3 N–H and O–H groups in total. The van der Waals surface area contributed by atoms with Gasteiger partial charge in [0.1, 0.15) is 11.8 Å². The highest BCUT2D eigenvalue weighted by Crippen LogP contribution is 2.41. The molecular weight excluding hydrogens is 454 g/mol. The molecule has 2 heterocycles. The number of hydrogen-bond donors (Lipinski definition) is 2. The maximum absolute atomic E-state index is 12.6. The van der Waals surface area contributed by atoms with E-state index in [1.165, 1.54) is 0 Å². The molecule has 1 aliphatic rings. The third-order valence-electron chi connectivity index (χ3n) is 6.57. The number of hydrogen-bond acceptors (Lipinski definition) is 5. The Morgan fingerprint density at radius 3 is 2.00 bits per heavy atom. The molecule has 36 heavy (non-hydrogen) atoms. The van der Waals surface area contributed by atoms with Crippen molar-refractivity contribution in [1.82, 2.24) is 9.55 Å². The van der Waals surface area contributed by atoms with Crippen LogP contribution in [-0.2, 0) is 15.1 Å². The summed E-state index contributed by atoms with van der Waals surface area (Å²) in [5.74, 6) is 0. The van der Waals surface area contributed by atoms with Crippen LogP contribution in [0.3, 0.4) is 0 Å². The third kappa shape index (κ3) is 4.44. The van der Waals surface area contributed by atoms with Gasteiger partial charge in [-0.15, -0.1) is 0 Å². The highest BCUT2D eigenvalue weighted by molar-refractivity contribution is 5.47. The van der Waals surface area contributed by atoms with Crippen molar-refractivity contribution in [3.63, 3.8) is 0 Å². The standard InChI is InChI=1S/C29H29N3O4/c1-20-18-32(28(34)31-27(20)33)26-17-24(30)25(36-26)19-35-29(21-11-5-2-6-12-21,22-13-7-3-8-14-22)23-15-9-4-10-16-23/h2-16,18,24-26H,17,19,30H2,1H3,(H,31,33,34)/t24-,25-,26-/m1/s1/i1D3. The van der Waals surface area contributed by atoms with Gasteiger partial charge in [-0.1, -0.05) is 91.0 Å².